The summed E-state index contributed by atoms with van der Waals surface area (Å²) in [7, 11) is 0. The molecule has 1 aliphatic rings. The van der Waals surface area contributed by atoms with Crippen LogP contribution in [-0.2, 0) is 11.8 Å². The topological polar surface area (TPSA) is 9.86 Å². The van der Waals surface area contributed by atoms with Gasteiger partial charge in [0.25, 0.3) is 0 Å². The van der Waals surface area contributed by atoms with E-state index in [0.717, 1.165) is 12.1 Å². The Morgan fingerprint density at radius 1 is 0.342 bits per heavy atom. The molecule has 2 nitrogen and oxygen atoms in total. The van der Waals surface area contributed by atoms with Crippen molar-refractivity contribution in [1.82, 2.24) is 9.13 Å². The maximum absolute atomic E-state index is 2.48. The molecule has 1 aliphatic carbocycles. The van der Waals surface area contributed by atoms with Crippen molar-refractivity contribution in [2.24, 2.45) is 0 Å². The molecule has 2 heterocycles. The Hall–Kier alpha value is -8.98. The molecule has 0 bridgehead atoms. The molecular formula is C71H52N2. The molecule has 0 unspecified atom stereocenters. The second-order valence-corrected chi connectivity index (χ2v) is 20.5. The van der Waals surface area contributed by atoms with Crippen LogP contribution in [0.3, 0.4) is 0 Å². The minimum atomic E-state index is -0.230. The fourth-order valence-corrected chi connectivity index (χ4v) is 12.0. The van der Waals surface area contributed by atoms with Gasteiger partial charge in [-0.3, -0.25) is 0 Å². The zero-order chi connectivity index (χ0) is 48.8. The first-order valence-corrected chi connectivity index (χ1v) is 25.7. The molecule has 11 aromatic carbocycles. The van der Waals surface area contributed by atoms with Crippen LogP contribution in [-0.4, -0.2) is 9.13 Å². The van der Waals surface area contributed by atoms with Gasteiger partial charge in [0.1, 0.15) is 0 Å². The molecule has 2 aromatic heterocycles. The highest BCUT2D eigenvalue weighted by atomic mass is 15.0. The summed E-state index contributed by atoms with van der Waals surface area (Å²) in [4.78, 5) is 0. The van der Waals surface area contributed by atoms with Crippen LogP contribution in [0, 0.1) is 0 Å². The number of rotatable bonds is 8. The van der Waals surface area contributed by atoms with Crippen LogP contribution < -0.4 is 0 Å². The molecule has 0 amide bonds. The number of aromatic nitrogens is 2. The number of allylic oxidation sites excluding steroid dienone is 2. The van der Waals surface area contributed by atoms with E-state index in [9.17, 15) is 0 Å². The van der Waals surface area contributed by atoms with Gasteiger partial charge >= 0.3 is 0 Å². The summed E-state index contributed by atoms with van der Waals surface area (Å²) in [5.74, 6) is 0. The van der Waals surface area contributed by atoms with Crippen molar-refractivity contribution in [1.29, 1.82) is 0 Å². The molecule has 0 saturated carbocycles. The molecule has 0 aliphatic heterocycles. The van der Waals surface area contributed by atoms with Gasteiger partial charge in [0.2, 0.25) is 0 Å². The summed E-state index contributed by atoms with van der Waals surface area (Å²) >= 11 is 0. The van der Waals surface area contributed by atoms with Crippen LogP contribution >= 0.6 is 0 Å². The van der Waals surface area contributed by atoms with E-state index in [-0.39, 0.29) is 5.41 Å². The Balaban J connectivity index is 0.880. The van der Waals surface area contributed by atoms with Crippen LogP contribution in [0.25, 0.3) is 121 Å². The second-order valence-electron chi connectivity index (χ2n) is 20.5. The highest BCUT2D eigenvalue weighted by molar-refractivity contribution is 6.13. The lowest BCUT2D eigenvalue weighted by Crippen LogP contribution is -2.15. The zero-order valence-electron chi connectivity index (χ0n) is 41.3. The molecule has 0 spiro atoms. The van der Waals surface area contributed by atoms with Gasteiger partial charge in [-0.25, -0.2) is 0 Å². The third-order valence-corrected chi connectivity index (χ3v) is 15.8. The average Bonchev–Trinajstić information content (AvgIpc) is 4.03. The first kappa shape index (κ1) is 42.9. The highest BCUT2D eigenvalue weighted by Gasteiger charge is 2.36. The molecule has 0 N–H and O–H groups in total. The largest absolute Gasteiger partial charge is 0.309 e. The zero-order valence-corrected chi connectivity index (χ0v) is 41.3. The lowest BCUT2D eigenvalue weighted by molar-refractivity contribution is 0.660. The van der Waals surface area contributed by atoms with Gasteiger partial charge in [0.05, 0.1) is 22.1 Å². The molecule has 2 heteroatoms. The molecule has 346 valence electrons. The summed E-state index contributed by atoms with van der Waals surface area (Å²) in [5, 5.41) is 7.50. The van der Waals surface area contributed by atoms with Crippen molar-refractivity contribution in [3.63, 3.8) is 0 Å². The predicted octanol–water partition coefficient (Wildman–Crippen LogP) is 19.1. The first-order chi connectivity index (χ1) is 35.9. The van der Waals surface area contributed by atoms with Crippen molar-refractivity contribution < 1.29 is 0 Å². The van der Waals surface area contributed by atoms with Crippen LogP contribution in [0.5, 0.6) is 0 Å². The van der Waals surface area contributed by atoms with Crippen molar-refractivity contribution in [2.45, 2.75) is 32.6 Å². The Morgan fingerprint density at radius 3 is 1.22 bits per heavy atom. The summed E-state index contributed by atoms with van der Waals surface area (Å²) in [5.41, 5.74) is 23.4. The maximum atomic E-state index is 2.48. The molecule has 0 saturated heterocycles. The van der Waals surface area contributed by atoms with Gasteiger partial charge in [-0.1, -0.05) is 178 Å². The van der Waals surface area contributed by atoms with Crippen LogP contribution in [0.4, 0.5) is 0 Å². The van der Waals surface area contributed by atoms with Gasteiger partial charge < -0.3 is 9.13 Å². The van der Waals surface area contributed by atoms with Gasteiger partial charge in [-0.2, -0.15) is 0 Å². The molecular weight excluding hydrogens is 881 g/mol. The molecule has 0 atom stereocenters. The maximum Gasteiger partial charge on any atom is 0.0541 e. The Kier molecular flexibility index (Phi) is 9.88. The Morgan fingerprint density at radius 2 is 0.753 bits per heavy atom. The van der Waals surface area contributed by atoms with Gasteiger partial charge in [-0.15, -0.1) is 0 Å². The van der Waals surface area contributed by atoms with E-state index >= 15 is 0 Å². The van der Waals surface area contributed by atoms with E-state index in [1.54, 1.807) is 0 Å². The van der Waals surface area contributed by atoms with Gasteiger partial charge in [-0.05, 0) is 181 Å². The Bertz CT molecular complexity index is 4240. The van der Waals surface area contributed by atoms with Crippen molar-refractivity contribution >= 4 is 54.4 Å². The van der Waals surface area contributed by atoms with Crippen LogP contribution in [0.1, 0.15) is 37.5 Å². The number of hydrogen-bond acceptors (Lipinski definition) is 0. The highest BCUT2D eigenvalue weighted by Crippen LogP contribution is 2.51. The van der Waals surface area contributed by atoms with E-state index in [1.807, 2.05) is 0 Å². The summed E-state index contributed by atoms with van der Waals surface area (Å²) in [6.07, 6.45) is 5.28. The lowest BCUT2D eigenvalue weighted by atomic mass is 9.81. The van der Waals surface area contributed by atoms with E-state index in [0.29, 0.717) is 0 Å². The van der Waals surface area contributed by atoms with E-state index in [1.165, 1.54) is 132 Å². The molecule has 13 aromatic rings. The fraction of sp³-hybridized carbons (Fsp3) is 0.0704. The summed E-state index contributed by atoms with van der Waals surface area (Å²) < 4.78 is 4.95. The molecule has 0 radical (unpaired) electrons. The lowest BCUT2D eigenvalue weighted by Gasteiger charge is -2.23. The van der Waals surface area contributed by atoms with Crippen molar-refractivity contribution in [3.05, 3.63) is 265 Å². The first-order valence-electron chi connectivity index (χ1n) is 25.7. The third-order valence-electron chi connectivity index (χ3n) is 15.8. The quantitative estimate of drug-likeness (QED) is 0.134. The predicted molar refractivity (Wildman–Crippen MR) is 310 cm³/mol. The SMILES string of the molecule is C/C=C\Cc1ccc(-c2ccc3c(c2)c2cc(-c4ccccc4)ccc2n3-c2ccc3cc4c(cc3c2)C(C)(C)c2cc(-n3c5ccc(-c6ccccc6)cc5c5cc(-c6ccccc6)ccc53)ccc2-4)cc1. The monoisotopic (exact) mass is 932 g/mol. The van der Waals surface area contributed by atoms with E-state index in [4.69, 9.17) is 0 Å². The third kappa shape index (κ3) is 7.01. The van der Waals surface area contributed by atoms with E-state index < -0.39 is 0 Å². The number of benzene rings is 11. The van der Waals surface area contributed by atoms with Crippen molar-refractivity contribution in [3.8, 4) is 67.0 Å². The minimum absolute atomic E-state index is 0.230. The normalized spacial score (nSPS) is 13.0. The summed E-state index contributed by atoms with van der Waals surface area (Å²) in [6, 6.07) is 88.4. The second kappa shape index (κ2) is 16.8. The van der Waals surface area contributed by atoms with Crippen LogP contribution in [0.2, 0.25) is 0 Å². The number of fused-ring (bicyclic) bond motifs is 10. The van der Waals surface area contributed by atoms with Crippen LogP contribution in [0.15, 0.2) is 249 Å². The van der Waals surface area contributed by atoms with Gasteiger partial charge in [0, 0.05) is 38.3 Å². The fourth-order valence-electron chi connectivity index (χ4n) is 12.0. The Labute approximate surface area is 426 Å². The summed E-state index contributed by atoms with van der Waals surface area (Å²) in [6.45, 7) is 6.90. The average molecular weight is 933 g/mol. The van der Waals surface area contributed by atoms with Crippen molar-refractivity contribution in [2.75, 3.05) is 0 Å². The minimum Gasteiger partial charge on any atom is -0.309 e. The van der Waals surface area contributed by atoms with E-state index in [2.05, 4.69) is 279 Å². The number of hydrogen-bond donors (Lipinski definition) is 0. The number of nitrogens with zero attached hydrogens (tertiary/aromatic N) is 2. The van der Waals surface area contributed by atoms with Gasteiger partial charge in [0.15, 0.2) is 0 Å². The standard InChI is InChI=1S/C71H52N2/c1-4-5-15-46-22-24-50(25-23-46)54-30-37-68-64(43-54)61-40-51(47-16-9-6-10-17-47)27-34-67(61)72(68)57-31-26-55-39-60-59-33-32-58(45-66(59)71(2,3)65(60)44-56(55)38-57)73-69-35-28-52(48-18-11-7-12-19-48)41-62(69)63-42-53(29-36-70(63)73)49-20-13-8-14-21-49/h4-14,16-45H,15H2,1-3H3/b5-4-. The molecule has 0 fully saturated rings. The smallest absolute Gasteiger partial charge is 0.0541 e. The molecule has 73 heavy (non-hydrogen) atoms. The molecule has 14 rings (SSSR count).